The van der Waals surface area contributed by atoms with Gasteiger partial charge in [0, 0.05) is 11.1 Å². The van der Waals surface area contributed by atoms with Crippen LogP contribution in [0.3, 0.4) is 0 Å². The highest BCUT2D eigenvalue weighted by Gasteiger charge is 2.18. The molecule has 0 bridgehead atoms. The summed E-state index contributed by atoms with van der Waals surface area (Å²) in [5.41, 5.74) is 9.29. The number of hydrogen-bond donors (Lipinski definition) is 1. The molecule has 2 N–H and O–H groups in total. The maximum absolute atomic E-state index is 5.84. The number of hydrogen-bond acceptors (Lipinski definition) is 3. The Balaban J connectivity index is 2.30. The van der Waals surface area contributed by atoms with E-state index in [4.69, 9.17) is 15.5 Å². The number of rotatable bonds is 6. The third kappa shape index (κ3) is 4.20. The zero-order chi connectivity index (χ0) is 16.3. The van der Waals surface area contributed by atoms with Gasteiger partial charge in [-0.1, -0.05) is 27.7 Å². The Hall–Kier alpha value is -1.61. The topological polar surface area (TPSA) is 48.1 Å². The highest BCUT2D eigenvalue weighted by molar-refractivity contribution is 5.83. The van der Waals surface area contributed by atoms with Crippen molar-refractivity contribution in [3.05, 3.63) is 35.5 Å². The largest absolute Gasteiger partial charge is 0.493 e. The zero-order valence-corrected chi connectivity index (χ0v) is 14.4. The SMILES string of the molecule is Cc1cc(CC(C)(C)CN)nc2ccc(OCC(C)C)cc12. The van der Waals surface area contributed by atoms with Crippen LogP contribution in [0.5, 0.6) is 5.75 Å². The van der Waals surface area contributed by atoms with Crippen LogP contribution in [-0.4, -0.2) is 18.1 Å². The van der Waals surface area contributed by atoms with Crippen LogP contribution in [-0.2, 0) is 6.42 Å². The van der Waals surface area contributed by atoms with Crippen LogP contribution in [0, 0.1) is 18.3 Å². The lowest BCUT2D eigenvalue weighted by Crippen LogP contribution is -2.26. The number of pyridine rings is 1. The summed E-state index contributed by atoms with van der Waals surface area (Å²) in [6.07, 6.45) is 0.895. The standard InChI is InChI=1S/C19H28N2O/c1-13(2)11-22-16-6-7-18-17(9-16)14(3)8-15(21-18)10-19(4,5)12-20/h6-9,13H,10-12,20H2,1-5H3. The fraction of sp³-hybridized carbons (Fsp3) is 0.526. The van der Waals surface area contributed by atoms with Crippen LogP contribution < -0.4 is 10.5 Å². The molecule has 2 aromatic rings. The van der Waals surface area contributed by atoms with Crippen molar-refractivity contribution < 1.29 is 4.74 Å². The zero-order valence-electron chi connectivity index (χ0n) is 14.4. The first-order valence-corrected chi connectivity index (χ1v) is 8.04. The van der Waals surface area contributed by atoms with Crippen LogP contribution in [0.2, 0.25) is 0 Å². The number of nitrogens with zero attached hydrogens (tertiary/aromatic N) is 1. The van der Waals surface area contributed by atoms with Crippen LogP contribution in [0.25, 0.3) is 10.9 Å². The Morgan fingerprint density at radius 2 is 1.95 bits per heavy atom. The summed E-state index contributed by atoms with van der Waals surface area (Å²) in [4.78, 5) is 4.79. The van der Waals surface area contributed by atoms with Gasteiger partial charge in [0.15, 0.2) is 0 Å². The van der Waals surface area contributed by atoms with E-state index in [0.29, 0.717) is 12.5 Å². The molecule has 0 fully saturated rings. The van der Waals surface area contributed by atoms with E-state index >= 15 is 0 Å². The summed E-state index contributed by atoms with van der Waals surface area (Å²) in [6.45, 7) is 12.2. The molecular formula is C19H28N2O. The summed E-state index contributed by atoms with van der Waals surface area (Å²) < 4.78 is 5.81. The van der Waals surface area contributed by atoms with Gasteiger partial charge in [-0.25, -0.2) is 0 Å². The summed E-state index contributed by atoms with van der Waals surface area (Å²) in [7, 11) is 0. The second-order valence-corrected chi connectivity index (χ2v) is 7.36. The minimum atomic E-state index is 0.0768. The number of fused-ring (bicyclic) bond motifs is 1. The molecule has 0 spiro atoms. The fourth-order valence-electron chi connectivity index (χ4n) is 2.45. The van der Waals surface area contributed by atoms with Gasteiger partial charge in [0.1, 0.15) is 5.75 Å². The van der Waals surface area contributed by atoms with Crippen LogP contribution in [0.4, 0.5) is 0 Å². The first-order valence-electron chi connectivity index (χ1n) is 8.04. The predicted molar refractivity (Wildman–Crippen MR) is 93.4 cm³/mol. The highest BCUT2D eigenvalue weighted by atomic mass is 16.5. The first-order chi connectivity index (χ1) is 10.3. The molecule has 0 atom stereocenters. The van der Waals surface area contributed by atoms with E-state index < -0.39 is 0 Å². The average molecular weight is 300 g/mol. The van der Waals surface area contributed by atoms with E-state index in [1.54, 1.807) is 0 Å². The molecular weight excluding hydrogens is 272 g/mol. The summed E-state index contributed by atoms with van der Waals surface area (Å²) >= 11 is 0. The van der Waals surface area contributed by atoms with Crippen LogP contribution in [0.15, 0.2) is 24.3 Å². The molecule has 22 heavy (non-hydrogen) atoms. The lowest BCUT2D eigenvalue weighted by molar-refractivity contribution is 0.271. The molecule has 2 rings (SSSR count). The van der Waals surface area contributed by atoms with Crippen molar-refractivity contribution in [3.63, 3.8) is 0 Å². The van der Waals surface area contributed by atoms with Gasteiger partial charge in [0.25, 0.3) is 0 Å². The summed E-state index contributed by atoms with van der Waals surface area (Å²) in [5.74, 6) is 1.44. The molecule has 0 aliphatic carbocycles. The Morgan fingerprint density at radius 1 is 1.23 bits per heavy atom. The average Bonchev–Trinajstić information content (AvgIpc) is 2.45. The molecule has 0 unspecified atom stereocenters. The van der Waals surface area contributed by atoms with Crippen molar-refractivity contribution >= 4 is 10.9 Å². The third-order valence-corrected chi connectivity index (χ3v) is 3.84. The highest BCUT2D eigenvalue weighted by Crippen LogP contribution is 2.26. The molecule has 0 amide bonds. The molecule has 0 saturated heterocycles. The van der Waals surface area contributed by atoms with E-state index in [0.717, 1.165) is 35.4 Å². The molecule has 0 aliphatic heterocycles. The molecule has 3 heteroatoms. The van der Waals surface area contributed by atoms with Crippen LogP contribution in [0.1, 0.15) is 39.0 Å². The lowest BCUT2D eigenvalue weighted by atomic mass is 9.87. The number of ether oxygens (including phenoxy) is 1. The van der Waals surface area contributed by atoms with Gasteiger partial charge in [-0.15, -0.1) is 0 Å². The quantitative estimate of drug-likeness (QED) is 0.873. The maximum Gasteiger partial charge on any atom is 0.120 e. The Bertz CT molecular complexity index is 647. The summed E-state index contributed by atoms with van der Waals surface area (Å²) in [5, 5.41) is 1.16. The molecule has 1 aromatic heterocycles. The van der Waals surface area contributed by atoms with E-state index in [9.17, 15) is 0 Å². The van der Waals surface area contributed by atoms with Gasteiger partial charge in [-0.3, -0.25) is 4.98 Å². The number of nitrogens with two attached hydrogens (primary N) is 1. The van der Waals surface area contributed by atoms with E-state index in [1.165, 1.54) is 5.56 Å². The van der Waals surface area contributed by atoms with Crippen LogP contribution >= 0.6 is 0 Å². The molecule has 120 valence electrons. The minimum Gasteiger partial charge on any atom is -0.493 e. The van der Waals surface area contributed by atoms with Gasteiger partial charge < -0.3 is 10.5 Å². The second kappa shape index (κ2) is 6.66. The van der Waals surface area contributed by atoms with Crippen molar-refractivity contribution in [1.29, 1.82) is 0 Å². The van der Waals surface area contributed by atoms with Crippen molar-refractivity contribution in [1.82, 2.24) is 4.98 Å². The van der Waals surface area contributed by atoms with Crippen molar-refractivity contribution in [3.8, 4) is 5.75 Å². The first kappa shape index (κ1) is 16.8. The van der Waals surface area contributed by atoms with Gasteiger partial charge in [0.05, 0.1) is 12.1 Å². The molecule has 0 saturated carbocycles. The van der Waals surface area contributed by atoms with Crippen molar-refractivity contribution in [2.45, 2.75) is 41.0 Å². The monoisotopic (exact) mass is 300 g/mol. The molecule has 1 heterocycles. The Kier molecular flexibility index (Phi) is 5.07. The normalized spacial score (nSPS) is 12.1. The van der Waals surface area contributed by atoms with Crippen molar-refractivity contribution in [2.75, 3.05) is 13.2 Å². The van der Waals surface area contributed by atoms with E-state index in [-0.39, 0.29) is 5.41 Å². The van der Waals surface area contributed by atoms with Gasteiger partial charge in [-0.05, 0) is 61.1 Å². The number of aromatic nitrogens is 1. The maximum atomic E-state index is 5.84. The van der Waals surface area contributed by atoms with E-state index in [2.05, 4.69) is 52.8 Å². The van der Waals surface area contributed by atoms with Gasteiger partial charge >= 0.3 is 0 Å². The Morgan fingerprint density at radius 3 is 2.59 bits per heavy atom. The second-order valence-electron chi connectivity index (χ2n) is 7.36. The number of benzene rings is 1. The van der Waals surface area contributed by atoms with Gasteiger partial charge in [0.2, 0.25) is 0 Å². The Labute approximate surface area is 133 Å². The molecule has 0 radical (unpaired) electrons. The van der Waals surface area contributed by atoms with Crippen molar-refractivity contribution in [2.24, 2.45) is 17.1 Å². The predicted octanol–water partition coefficient (Wildman–Crippen LogP) is 4.11. The van der Waals surface area contributed by atoms with E-state index in [1.807, 2.05) is 6.07 Å². The smallest absolute Gasteiger partial charge is 0.120 e. The van der Waals surface area contributed by atoms with Gasteiger partial charge in [-0.2, -0.15) is 0 Å². The molecule has 3 nitrogen and oxygen atoms in total. The third-order valence-electron chi connectivity index (χ3n) is 3.84. The summed E-state index contributed by atoms with van der Waals surface area (Å²) in [6, 6.07) is 8.33. The molecule has 1 aromatic carbocycles. The molecule has 0 aliphatic rings. The fourth-order valence-corrected chi connectivity index (χ4v) is 2.45. The number of aryl methyl sites for hydroxylation is 1. The minimum absolute atomic E-state index is 0.0768. The lowest BCUT2D eigenvalue weighted by Gasteiger charge is -2.22.